The fourth-order valence-corrected chi connectivity index (χ4v) is 6.54. The van der Waals surface area contributed by atoms with E-state index in [0.29, 0.717) is 16.7 Å². The molecule has 3 aromatic rings. The second-order valence-electron chi connectivity index (χ2n) is 6.82. The van der Waals surface area contributed by atoms with Crippen molar-refractivity contribution < 1.29 is 18.7 Å². The van der Waals surface area contributed by atoms with E-state index in [0.717, 1.165) is 16.0 Å². The number of benzene rings is 3. The lowest BCUT2D eigenvalue weighted by atomic mass is 10.0. The maximum atomic E-state index is 14.1. The number of nitrogens with zero attached hydrogens (tertiary/aromatic N) is 1. The van der Waals surface area contributed by atoms with Crippen LogP contribution in [0, 0.1) is 0 Å². The molecular weight excluding hydrogens is 373 g/mol. The van der Waals surface area contributed by atoms with Crippen LogP contribution in [0.2, 0.25) is 0 Å². The molecule has 138 valence electrons. The number of imide groups is 1. The lowest BCUT2D eigenvalue weighted by Crippen LogP contribution is -2.35. The minimum atomic E-state index is -3.65. The molecular formula is C22H16NO4P. The number of para-hydroxylation sites is 2. The average molecular weight is 389 g/mol. The molecule has 2 atom stereocenters. The summed E-state index contributed by atoms with van der Waals surface area (Å²) >= 11 is 0. The molecule has 3 aromatic carbocycles. The molecule has 5 rings (SSSR count). The molecule has 0 N–H and O–H groups in total. The number of carbonyl (C=O) groups is 2. The Labute approximate surface area is 162 Å². The molecule has 2 aliphatic rings. The van der Waals surface area contributed by atoms with Crippen molar-refractivity contribution in [3.8, 4) is 16.9 Å². The van der Waals surface area contributed by atoms with E-state index in [9.17, 15) is 14.2 Å². The minimum Gasteiger partial charge on any atom is -0.439 e. The van der Waals surface area contributed by atoms with Crippen LogP contribution in [0.4, 0.5) is 5.69 Å². The molecule has 5 nitrogen and oxygen atoms in total. The van der Waals surface area contributed by atoms with E-state index in [4.69, 9.17) is 4.52 Å². The molecule has 0 spiro atoms. The Morgan fingerprint density at radius 2 is 1.46 bits per heavy atom. The van der Waals surface area contributed by atoms with Gasteiger partial charge in [0.1, 0.15) is 11.4 Å². The average Bonchev–Trinajstić information content (AvgIpc) is 3.03. The van der Waals surface area contributed by atoms with Gasteiger partial charge in [0.05, 0.1) is 11.0 Å². The zero-order valence-corrected chi connectivity index (χ0v) is 15.7. The van der Waals surface area contributed by atoms with Gasteiger partial charge in [0, 0.05) is 12.0 Å². The molecule has 1 saturated heterocycles. The summed E-state index contributed by atoms with van der Waals surface area (Å²) in [6.45, 7) is 0. The molecule has 2 amide bonds. The molecule has 2 unspecified atom stereocenters. The molecule has 6 heteroatoms. The zero-order chi connectivity index (χ0) is 19.3. The number of amides is 2. The Kier molecular flexibility index (Phi) is 3.74. The molecule has 28 heavy (non-hydrogen) atoms. The summed E-state index contributed by atoms with van der Waals surface area (Å²) in [4.78, 5) is 27.0. The highest BCUT2D eigenvalue weighted by atomic mass is 31.2. The quantitative estimate of drug-likeness (QED) is 0.491. The Morgan fingerprint density at radius 3 is 2.25 bits per heavy atom. The molecule has 2 aliphatic heterocycles. The molecule has 0 radical (unpaired) electrons. The third kappa shape index (κ3) is 2.36. The summed E-state index contributed by atoms with van der Waals surface area (Å²) in [5.74, 6) is -0.368. The van der Waals surface area contributed by atoms with Crippen molar-refractivity contribution in [2.75, 3.05) is 4.90 Å². The first kappa shape index (κ1) is 17.0. The lowest BCUT2D eigenvalue weighted by molar-refractivity contribution is -0.121. The van der Waals surface area contributed by atoms with Crippen molar-refractivity contribution >= 4 is 30.2 Å². The predicted octanol–water partition coefficient (Wildman–Crippen LogP) is 3.98. The summed E-state index contributed by atoms with van der Waals surface area (Å²) in [6.07, 6.45) is -0.137. The molecule has 0 saturated carbocycles. The monoisotopic (exact) mass is 389 g/mol. The normalized spacial score (nSPS) is 23.1. The first-order valence-electron chi connectivity index (χ1n) is 9.00. The van der Waals surface area contributed by atoms with Gasteiger partial charge in [-0.25, -0.2) is 4.90 Å². The Balaban J connectivity index is 1.63. The largest absolute Gasteiger partial charge is 0.439 e. The zero-order valence-electron chi connectivity index (χ0n) is 14.8. The van der Waals surface area contributed by atoms with E-state index >= 15 is 0 Å². The van der Waals surface area contributed by atoms with Crippen LogP contribution in [0.25, 0.3) is 11.1 Å². The number of hydrogen-bond donors (Lipinski definition) is 0. The van der Waals surface area contributed by atoms with Gasteiger partial charge in [-0.05, 0) is 29.8 Å². The van der Waals surface area contributed by atoms with Gasteiger partial charge < -0.3 is 4.52 Å². The van der Waals surface area contributed by atoms with Crippen molar-refractivity contribution in [1.29, 1.82) is 0 Å². The fraction of sp³-hybridized carbons (Fsp3) is 0.0909. The number of fused-ring (bicyclic) bond motifs is 3. The summed E-state index contributed by atoms with van der Waals surface area (Å²) in [7, 11) is -3.65. The van der Waals surface area contributed by atoms with Crippen molar-refractivity contribution in [3.05, 3.63) is 78.9 Å². The van der Waals surface area contributed by atoms with Gasteiger partial charge in [-0.2, -0.15) is 0 Å². The summed E-state index contributed by atoms with van der Waals surface area (Å²) in [5.41, 5.74) is 1.07. The topological polar surface area (TPSA) is 63.7 Å². The van der Waals surface area contributed by atoms with Crippen molar-refractivity contribution in [3.63, 3.8) is 0 Å². The smallest absolute Gasteiger partial charge is 0.290 e. The second kappa shape index (κ2) is 6.18. The van der Waals surface area contributed by atoms with Crippen LogP contribution < -0.4 is 14.7 Å². The summed E-state index contributed by atoms with van der Waals surface area (Å²) in [6, 6.07) is 23.3. The van der Waals surface area contributed by atoms with Crippen LogP contribution in [-0.2, 0) is 14.2 Å². The van der Waals surface area contributed by atoms with Gasteiger partial charge >= 0.3 is 0 Å². The summed E-state index contributed by atoms with van der Waals surface area (Å²) in [5, 5.41) is 0.495. The SMILES string of the molecule is O=C1CC(P2(=O)Oc3ccccc3-c3ccccc32)C(=O)N1c1ccccc1. The first-order valence-corrected chi connectivity index (χ1v) is 10.7. The highest BCUT2D eigenvalue weighted by Gasteiger charge is 2.54. The van der Waals surface area contributed by atoms with Crippen molar-refractivity contribution in [2.45, 2.75) is 12.1 Å². The lowest BCUT2D eigenvalue weighted by Gasteiger charge is -2.31. The predicted molar refractivity (Wildman–Crippen MR) is 107 cm³/mol. The number of rotatable bonds is 2. The van der Waals surface area contributed by atoms with Crippen LogP contribution >= 0.6 is 7.37 Å². The highest BCUT2D eigenvalue weighted by molar-refractivity contribution is 7.69. The van der Waals surface area contributed by atoms with Crippen LogP contribution in [0.1, 0.15) is 6.42 Å². The molecule has 2 heterocycles. The van der Waals surface area contributed by atoms with Gasteiger partial charge in [-0.1, -0.05) is 54.6 Å². The van der Waals surface area contributed by atoms with Crippen LogP contribution in [0.5, 0.6) is 5.75 Å². The second-order valence-corrected chi connectivity index (χ2v) is 9.31. The Bertz CT molecular complexity index is 1160. The van der Waals surface area contributed by atoms with Gasteiger partial charge in [-0.15, -0.1) is 0 Å². The molecule has 0 bridgehead atoms. The van der Waals surface area contributed by atoms with Crippen LogP contribution in [0.3, 0.4) is 0 Å². The van der Waals surface area contributed by atoms with E-state index in [2.05, 4.69) is 0 Å². The van der Waals surface area contributed by atoms with Gasteiger partial charge in [-0.3, -0.25) is 14.2 Å². The van der Waals surface area contributed by atoms with E-state index < -0.39 is 18.9 Å². The Morgan fingerprint density at radius 1 is 0.821 bits per heavy atom. The third-order valence-electron chi connectivity index (χ3n) is 5.20. The maximum Gasteiger partial charge on any atom is 0.290 e. The standard InChI is InChI=1S/C22H16NO4P/c24-21-14-20(22(25)23(21)15-8-2-1-3-9-15)28(26)19-13-7-5-11-17(19)16-10-4-6-12-18(16)27-28/h1-13,20H,14H2. The van der Waals surface area contributed by atoms with E-state index in [-0.39, 0.29) is 12.3 Å². The number of hydrogen-bond acceptors (Lipinski definition) is 4. The maximum absolute atomic E-state index is 14.1. The first-order chi connectivity index (χ1) is 13.6. The van der Waals surface area contributed by atoms with Gasteiger partial charge in [0.2, 0.25) is 11.8 Å². The molecule has 1 fully saturated rings. The number of carbonyl (C=O) groups excluding carboxylic acids is 2. The van der Waals surface area contributed by atoms with Crippen molar-refractivity contribution in [1.82, 2.24) is 0 Å². The van der Waals surface area contributed by atoms with Gasteiger partial charge in [0.15, 0.2) is 0 Å². The van der Waals surface area contributed by atoms with Crippen molar-refractivity contribution in [2.24, 2.45) is 0 Å². The number of anilines is 1. The van der Waals surface area contributed by atoms with E-state index in [1.54, 1.807) is 48.5 Å². The Hall–Kier alpha value is -3.17. The van der Waals surface area contributed by atoms with Crippen LogP contribution in [0.15, 0.2) is 78.9 Å². The fourth-order valence-electron chi connectivity index (χ4n) is 3.90. The molecule has 0 aromatic heterocycles. The van der Waals surface area contributed by atoms with E-state index in [1.807, 2.05) is 30.3 Å². The molecule has 0 aliphatic carbocycles. The third-order valence-corrected chi connectivity index (χ3v) is 7.95. The minimum absolute atomic E-state index is 0.137. The van der Waals surface area contributed by atoms with E-state index in [1.165, 1.54) is 0 Å². The van der Waals surface area contributed by atoms with Crippen LogP contribution in [-0.4, -0.2) is 17.5 Å². The highest BCUT2D eigenvalue weighted by Crippen LogP contribution is 2.60. The summed E-state index contributed by atoms with van der Waals surface area (Å²) < 4.78 is 20.1. The van der Waals surface area contributed by atoms with Gasteiger partial charge in [0.25, 0.3) is 7.37 Å².